The predicted molar refractivity (Wildman–Crippen MR) is 77.6 cm³/mol. The Hall–Kier alpha value is -0.430. The lowest BCUT2D eigenvalue weighted by molar-refractivity contribution is 0.105. The summed E-state index contributed by atoms with van der Waals surface area (Å²) in [6.45, 7) is 0.184. The molecule has 1 heterocycles. The van der Waals surface area contributed by atoms with Gasteiger partial charge in [0.2, 0.25) is 0 Å². The molecule has 0 aromatic heterocycles. The van der Waals surface area contributed by atoms with Crippen LogP contribution in [0.4, 0.5) is 0 Å². The fourth-order valence-corrected chi connectivity index (χ4v) is 3.84. The van der Waals surface area contributed by atoms with E-state index >= 15 is 0 Å². The van der Waals surface area contributed by atoms with Crippen LogP contribution in [0.1, 0.15) is 37.4 Å². The number of benzene rings is 1. The molecule has 2 unspecified atom stereocenters. The van der Waals surface area contributed by atoms with Gasteiger partial charge in [-0.05, 0) is 30.5 Å². The number of phosphoric acid groups is 1. The van der Waals surface area contributed by atoms with E-state index in [1.165, 1.54) is 24.3 Å². The van der Waals surface area contributed by atoms with Crippen molar-refractivity contribution in [2.24, 2.45) is 0 Å². The van der Waals surface area contributed by atoms with Crippen LogP contribution >= 0.6 is 18.5 Å². The van der Waals surface area contributed by atoms with Crippen LogP contribution in [0.25, 0.3) is 0 Å². The summed E-state index contributed by atoms with van der Waals surface area (Å²) in [6.07, 6.45) is 2.33. The highest BCUT2D eigenvalue weighted by atomic mass is 35.7. The second-order valence-corrected chi connectivity index (χ2v) is 8.72. The van der Waals surface area contributed by atoms with E-state index in [-0.39, 0.29) is 11.5 Å². The van der Waals surface area contributed by atoms with Gasteiger partial charge in [0.1, 0.15) is 0 Å². The summed E-state index contributed by atoms with van der Waals surface area (Å²) in [5.41, 5.74) is 0.610. The summed E-state index contributed by atoms with van der Waals surface area (Å²) in [5, 5.41) is 0. The van der Waals surface area contributed by atoms with Crippen LogP contribution in [0.3, 0.4) is 0 Å². The number of hydrogen-bond donors (Lipinski definition) is 1. The second-order valence-electron chi connectivity index (χ2n) is 4.75. The highest BCUT2D eigenvalue weighted by molar-refractivity contribution is 8.13. The van der Waals surface area contributed by atoms with Gasteiger partial charge in [-0.1, -0.05) is 25.0 Å². The molecule has 1 N–H and O–H groups in total. The van der Waals surface area contributed by atoms with E-state index in [2.05, 4.69) is 0 Å². The minimum atomic E-state index is -4.10. The molecule has 1 aliphatic heterocycles. The Balaban J connectivity index is 2.23. The van der Waals surface area contributed by atoms with Crippen molar-refractivity contribution in [1.82, 2.24) is 0 Å². The van der Waals surface area contributed by atoms with E-state index in [0.717, 1.165) is 12.8 Å². The topological polar surface area (TPSA) is 89.9 Å². The van der Waals surface area contributed by atoms with Crippen LogP contribution in [-0.2, 0) is 22.7 Å². The van der Waals surface area contributed by atoms with Gasteiger partial charge in [-0.25, -0.2) is 13.0 Å². The van der Waals surface area contributed by atoms with Crippen molar-refractivity contribution < 1.29 is 26.9 Å². The highest BCUT2D eigenvalue weighted by Crippen LogP contribution is 2.50. The first-order valence-corrected chi connectivity index (χ1v) is 10.3. The van der Waals surface area contributed by atoms with E-state index < -0.39 is 23.0 Å². The molecule has 1 aromatic rings. The van der Waals surface area contributed by atoms with Crippen molar-refractivity contribution in [3.8, 4) is 0 Å². The summed E-state index contributed by atoms with van der Waals surface area (Å²) in [6, 6.07) is 5.74. The fraction of sp³-hybridized carbons (Fsp3) is 0.500. The normalized spacial score (nSPS) is 28.4. The first-order valence-electron chi connectivity index (χ1n) is 6.48. The maximum atomic E-state index is 11.8. The lowest BCUT2D eigenvalue weighted by atomic mass is 10.0. The lowest BCUT2D eigenvalue weighted by Crippen LogP contribution is -2.04. The Bertz CT molecular complexity index is 630. The molecule has 0 bridgehead atoms. The van der Waals surface area contributed by atoms with E-state index in [4.69, 9.17) is 19.7 Å². The average molecular weight is 355 g/mol. The second kappa shape index (κ2) is 6.77. The Labute approximate surface area is 128 Å². The molecule has 0 aliphatic carbocycles. The Kier molecular flexibility index (Phi) is 5.46. The summed E-state index contributed by atoms with van der Waals surface area (Å²) < 4.78 is 44.2. The van der Waals surface area contributed by atoms with Gasteiger partial charge in [0.05, 0.1) is 17.6 Å². The zero-order valence-electron chi connectivity index (χ0n) is 11.1. The van der Waals surface area contributed by atoms with Gasteiger partial charge < -0.3 is 4.89 Å². The first kappa shape index (κ1) is 16.9. The van der Waals surface area contributed by atoms with Crippen LogP contribution in [0, 0.1) is 0 Å². The summed E-state index contributed by atoms with van der Waals surface area (Å²) in [5.74, 6) is 0. The molecular weight excluding hydrogens is 339 g/mol. The summed E-state index contributed by atoms with van der Waals surface area (Å²) in [4.78, 5) is 9.59. The van der Waals surface area contributed by atoms with Crippen molar-refractivity contribution in [2.45, 2.75) is 36.7 Å². The van der Waals surface area contributed by atoms with Crippen LogP contribution in [0.15, 0.2) is 29.2 Å². The molecule has 6 nitrogen and oxygen atoms in total. The monoisotopic (exact) mass is 354 g/mol. The van der Waals surface area contributed by atoms with Crippen molar-refractivity contribution in [3.05, 3.63) is 29.8 Å². The molecule has 1 saturated heterocycles. The van der Waals surface area contributed by atoms with E-state index in [1.807, 2.05) is 0 Å². The summed E-state index contributed by atoms with van der Waals surface area (Å²) >= 11 is 0. The van der Waals surface area contributed by atoms with Crippen molar-refractivity contribution in [3.63, 3.8) is 0 Å². The maximum absolute atomic E-state index is 11.8. The van der Waals surface area contributed by atoms with Crippen molar-refractivity contribution in [1.29, 1.82) is 0 Å². The Morgan fingerprint density at radius 3 is 2.48 bits per heavy atom. The molecular formula is C12H16ClO6PS. The van der Waals surface area contributed by atoms with Gasteiger partial charge in [-0.15, -0.1) is 0 Å². The molecule has 9 heteroatoms. The molecule has 118 valence electrons. The Morgan fingerprint density at radius 1 is 1.19 bits per heavy atom. The lowest BCUT2D eigenvalue weighted by Gasteiger charge is -2.19. The standard InChI is InChI=1S/C12H16ClO6PS/c13-21(16,17)11-7-5-10(6-8-11)12-4-2-1-3-9-18-20(14,15)19-12/h5-8,12H,1-4,9H2,(H,14,15). The van der Waals surface area contributed by atoms with Gasteiger partial charge in [-0.2, -0.15) is 0 Å². The van der Waals surface area contributed by atoms with Crippen LogP contribution in [-0.4, -0.2) is 19.9 Å². The highest BCUT2D eigenvalue weighted by Gasteiger charge is 2.28. The number of phosphoric ester groups is 1. The molecule has 0 spiro atoms. The molecule has 1 aliphatic rings. The van der Waals surface area contributed by atoms with Crippen molar-refractivity contribution in [2.75, 3.05) is 6.61 Å². The van der Waals surface area contributed by atoms with Crippen LogP contribution in [0.5, 0.6) is 0 Å². The zero-order valence-corrected chi connectivity index (χ0v) is 13.6. The molecule has 1 aromatic carbocycles. The third-order valence-corrected chi connectivity index (χ3v) is 5.56. The minimum absolute atomic E-state index is 0.0283. The van der Waals surface area contributed by atoms with Gasteiger partial charge >= 0.3 is 7.82 Å². The molecule has 1 fully saturated rings. The first-order chi connectivity index (χ1) is 9.78. The Morgan fingerprint density at radius 2 is 1.86 bits per heavy atom. The molecule has 0 saturated carbocycles. The van der Waals surface area contributed by atoms with Gasteiger partial charge in [0.25, 0.3) is 9.05 Å². The maximum Gasteiger partial charge on any atom is 0.472 e. The number of hydrogen-bond acceptors (Lipinski definition) is 5. The van der Waals surface area contributed by atoms with E-state index in [0.29, 0.717) is 18.4 Å². The third-order valence-electron chi connectivity index (χ3n) is 3.16. The van der Waals surface area contributed by atoms with E-state index in [9.17, 15) is 17.9 Å². The third kappa shape index (κ3) is 5.06. The van der Waals surface area contributed by atoms with Crippen molar-refractivity contribution >= 4 is 27.6 Å². The molecule has 2 rings (SSSR count). The summed E-state index contributed by atoms with van der Waals surface area (Å²) in [7, 11) is -2.64. The average Bonchev–Trinajstić information content (AvgIpc) is 2.48. The van der Waals surface area contributed by atoms with Gasteiger partial charge in [0, 0.05) is 10.7 Å². The molecule has 21 heavy (non-hydrogen) atoms. The number of rotatable bonds is 2. The largest absolute Gasteiger partial charge is 0.472 e. The fourth-order valence-electron chi connectivity index (χ4n) is 2.10. The van der Waals surface area contributed by atoms with E-state index in [1.54, 1.807) is 0 Å². The number of halogens is 1. The van der Waals surface area contributed by atoms with Gasteiger partial charge in [0.15, 0.2) is 0 Å². The molecule has 0 radical (unpaired) electrons. The van der Waals surface area contributed by atoms with Crippen LogP contribution < -0.4 is 0 Å². The SMILES string of the molecule is O=P1(O)OCCCCCC(c2ccc(S(=O)(=O)Cl)cc2)O1. The minimum Gasteiger partial charge on any atom is -0.302 e. The zero-order chi connectivity index (χ0) is 15.5. The smallest absolute Gasteiger partial charge is 0.302 e. The molecule has 0 amide bonds. The van der Waals surface area contributed by atoms with Gasteiger partial charge in [-0.3, -0.25) is 9.05 Å². The predicted octanol–water partition coefficient (Wildman–Crippen LogP) is 3.36. The molecule has 2 atom stereocenters. The quantitative estimate of drug-likeness (QED) is 0.647. The van der Waals surface area contributed by atoms with Crippen LogP contribution in [0.2, 0.25) is 0 Å².